The summed E-state index contributed by atoms with van der Waals surface area (Å²) in [5.74, 6) is -0.871. The molecule has 0 unspecified atom stereocenters. The summed E-state index contributed by atoms with van der Waals surface area (Å²) in [7, 11) is 0. The van der Waals surface area contributed by atoms with Gasteiger partial charge in [-0.05, 0) is 55.3 Å². The summed E-state index contributed by atoms with van der Waals surface area (Å²) in [5.41, 5.74) is 9.25. The van der Waals surface area contributed by atoms with Gasteiger partial charge in [0.15, 0.2) is 11.5 Å². The first-order chi connectivity index (χ1) is 13.3. The van der Waals surface area contributed by atoms with Crippen LogP contribution in [0.5, 0.6) is 0 Å². The Balaban J connectivity index is 1.68. The van der Waals surface area contributed by atoms with Crippen LogP contribution in [-0.2, 0) is 11.3 Å². The predicted molar refractivity (Wildman–Crippen MR) is 108 cm³/mol. The molecule has 0 atom stereocenters. The molecule has 1 heterocycles. The van der Waals surface area contributed by atoms with Gasteiger partial charge in [0.25, 0.3) is 5.91 Å². The van der Waals surface area contributed by atoms with Crippen LogP contribution in [0, 0.1) is 13.8 Å². The largest absolute Gasteiger partial charge is 0.382 e. The number of halogens is 1. The van der Waals surface area contributed by atoms with Crippen LogP contribution >= 0.6 is 11.6 Å². The van der Waals surface area contributed by atoms with Gasteiger partial charge in [0.05, 0.1) is 0 Å². The van der Waals surface area contributed by atoms with E-state index in [1.807, 2.05) is 26.0 Å². The third-order valence-corrected chi connectivity index (χ3v) is 4.39. The van der Waals surface area contributed by atoms with Crippen molar-refractivity contribution < 1.29 is 9.59 Å². The highest BCUT2D eigenvalue weighted by atomic mass is 35.5. The maximum absolute atomic E-state index is 12.4. The fourth-order valence-corrected chi connectivity index (χ4v) is 2.70. The van der Waals surface area contributed by atoms with Crippen molar-refractivity contribution in [2.24, 2.45) is 0 Å². The van der Waals surface area contributed by atoms with Gasteiger partial charge in [-0.25, -0.2) is 4.68 Å². The van der Waals surface area contributed by atoms with Gasteiger partial charge in [-0.15, -0.1) is 5.10 Å². The highest BCUT2D eigenvalue weighted by molar-refractivity contribution is 6.30. The summed E-state index contributed by atoms with van der Waals surface area (Å²) >= 11 is 5.89. The number of nitrogens with two attached hydrogens (primary N) is 1. The molecule has 0 bridgehead atoms. The molecule has 8 nitrogen and oxygen atoms in total. The Morgan fingerprint density at radius 1 is 1.07 bits per heavy atom. The number of nitrogens with one attached hydrogen (secondary N) is 2. The van der Waals surface area contributed by atoms with Gasteiger partial charge in [-0.1, -0.05) is 28.9 Å². The van der Waals surface area contributed by atoms with Gasteiger partial charge < -0.3 is 16.4 Å². The van der Waals surface area contributed by atoms with E-state index >= 15 is 0 Å². The third-order valence-electron chi connectivity index (χ3n) is 4.15. The lowest BCUT2D eigenvalue weighted by molar-refractivity contribution is -0.116. The summed E-state index contributed by atoms with van der Waals surface area (Å²) in [6.45, 7) is 3.75. The number of carbonyl (C=O) groups excluding carboxylic acids is 2. The number of benzene rings is 2. The molecule has 0 aliphatic carbocycles. The van der Waals surface area contributed by atoms with Crippen LogP contribution in [-0.4, -0.2) is 26.8 Å². The van der Waals surface area contributed by atoms with Crippen molar-refractivity contribution >= 4 is 40.6 Å². The quantitative estimate of drug-likeness (QED) is 0.611. The predicted octanol–water partition coefficient (Wildman–Crippen LogP) is 3.02. The lowest BCUT2D eigenvalue weighted by Crippen LogP contribution is -2.21. The van der Waals surface area contributed by atoms with Crippen molar-refractivity contribution in [3.8, 4) is 0 Å². The lowest BCUT2D eigenvalue weighted by atomic mass is 10.1. The Morgan fingerprint density at radius 3 is 2.54 bits per heavy atom. The van der Waals surface area contributed by atoms with Gasteiger partial charge in [-0.2, -0.15) is 0 Å². The molecule has 2 amide bonds. The fraction of sp³-hybridized carbons (Fsp3) is 0.158. The number of hydrogen-bond acceptors (Lipinski definition) is 5. The van der Waals surface area contributed by atoms with Crippen molar-refractivity contribution in [1.29, 1.82) is 0 Å². The monoisotopic (exact) mass is 398 g/mol. The van der Waals surface area contributed by atoms with E-state index in [2.05, 4.69) is 20.9 Å². The average Bonchev–Trinajstić information content (AvgIpc) is 2.99. The maximum Gasteiger partial charge on any atom is 0.280 e. The van der Waals surface area contributed by atoms with Crippen LogP contribution in [0.15, 0.2) is 42.5 Å². The summed E-state index contributed by atoms with van der Waals surface area (Å²) in [6.07, 6.45) is 0. The maximum atomic E-state index is 12.4. The van der Waals surface area contributed by atoms with Crippen molar-refractivity contribution in [3.05, 3.63) is 64.3 Å². The normalized spacial score (nSPS) is 10.5. The van der Waals surface area contributed by atoms with Crippen molar-refractivity contribution in [2.45, 2.75) is 20.4 Å². The number of aryl methyl sites for hydroxylation is 2. The van der Waals surface area contributed by atoms with Crippen LogP contribution in [0.1, 0.15) is 21.6 Å². The number of carbonyl (C=O) groups is 2. The summed E-state index contributed by atoms with van der Waals surface area (Å²) in [5, 5.41) is 13.5. The Hall–Kier alpha value is -3.39. The molecule has 1 aromatic heterocycles. The molecule has 0 saturated carbocycles. The zero-order valence-electron chi connectivity index (χ0n) is 15.4. The van der Waals surface area contributed by atoms with E-state index in [1.165, 1.54) is 0 Å². The summed E-state index contributed by atoms with van der Waals surface area (Å²) in [4.78, 5) is 24.6. The Morgan fingerprint density at radius 2 is 1.82 bits per heavy atom. The molecule has 0 aliphatic rings. The molecule has 0 fully saturated rings. The minimum absolute atomic E-state index is 0.00239. The third kappa shape index (κ3) is 4.47. The number of amides is 2. The Kier molecular flexibility index (Phi) is 5.60. The first-order valence-electron chi connectivity index (χ1n) is 8.46. The van der Waals surface area contributed by atoms with E-state index in [1.54, 1.807) is 30.3 Å². The first kappa shape index (κ1) is 19.4. The zero-order chi connectivity index (χ0) is 20.3. The number of nitrogen functional groups attached to an aromatic ring is 1. The van der Waals surface area contributed by atoms with Crippen molar-refractivity contribution in [2.75, 3.05) is 16.4 Å². The molecule has 0 spiro atoms. The fourth-order valence-electron chi connectivity index (χ4n) is 2.51. The molecule has 0 aliphatic heterocycles. The molecule has 28 heavy (non-hydrogen) atoms. The molecular formula is C19H19ClN6O2. The molecule has 0 radical (unpaired) electrons. The van der Waals surface area contributed by atoms with Gasteiger partial charge in [0.1, 0.15) is 6.54 Å². The standard InChI is InChI=1S/C19H19ClN6O2/c1-11-6-7-15(8-12(11)2)23-19(28)17-18(21)26(25-24-17)10-16(27)22-14-5-3-4-13(20)9-14/h3-9H,10,21H2,1-2H3,(H,22,27)(H,23,28). The SMILES string of the molecule is Cc1ccc(NC(=O)c2nnn(CC(=O)Nc3cccc(Cl)c3)c2N)cc1C. The van der Waals surface area contributed by atoms with Gasteiger partial charge in [-0.3, -0.25) is 9.59 Å². The number of anilines is 3. The molecular weight excluding hydrogens is 380 g/mol. The van der Waals surface area contributed by atoms with Crippen LogP contribution in [0.3, 0.4) is 0 Å². The van der Waals surface area contributed by atoms with Crippen molar-refractivity contribution in [1.82, 2.24) is 15.0 Å². The second kappa shape index (κ2) is 8.10. The topological polar surface area (TPSA) is 115 Å². The highest BCUT2D eigenvalue weighted by Crippen LogP contribution is 2.17. The van der Waals surface area contributed by atoms with Crippen molar-refractivity contribution in [3.63, 3.8) is 0 Å². The van der Waals surface area contributed by atoms with Gasteiger partial charge in [0, 0.05) is 16.4 Å². The second-order valence-corrected chi connectivity index (χ2v) is 6.73. The first-order valence-corrected chi connectivity index (χ1v) is 8.84. The Bertz CT molecular complexity index is 1050. The molecule has 2 aromatic carbocycles. The van der Waals surface area contributed by atoms with E-state index in [-0.39, 0.29) is 24.0 Å². The smallest absolute Gasteiger partial charge is 0.280 e. The summed E-state index contributed by atoms with van der Waals surface area (Å²) < 4.78 is 1.16. The molecule has 9 heteroatoms. The van der Waals surface area contributed by atoms with Crippen LogP contribution in [0.2, 0.25) is 5.02 Å². The molecule has 3 aromatic rings. The number of nitrogens with zero attached hydrogens (tertiary/aromatic N) is 3. The van der Waals surface area contributed by atoms with Gasteiger partial charge in [0.2, 0.25) is 5.91 Å². The van der Waals surface area contributed by atoms with Gasteiger partial charge >= 0.3 is 0 Å². The lowest BCUT2D eigenvalue weighted by Gasteiger charge is -2.08. The van der Waals surface area contributed by atoms with Crippen LogP contribution in [0.4, 0.5) is 17.2 Å². The average molecular weight is 399 g/mol. The molecule has 0 saturated heterocycles. The minimum Gasteiger partial charge on any atom is -0.382 e. The van der Waals surface area contributed by atoms with Crippen LogP contribution in [0.25, 0.3) is 0 Å². The second-order valence-electron chi connectivity index (χ2n) is 6.29. The summed E-state index contributed by atoms with van der Waals surface area (Å²) in [6, 6.07) is 12.3. The molecule has 4 N–H and O–H groups in total. The zero-order valence-corrected chi connectivity index (χ0v) is 16.1. The van der Waals surface area contributed by atoms with E-state index < -0.39 is 5.91 Å². The van der Waals surface area contributed by atoms with E-state index in [9.17, 15) is 9.59 Å². The number of hydrogen-bond donors (Lipinski definition) is 3. The highest BCUT2D eigenvalue weighted by Gasteiger charge is 2.19. The molecule has 3 rings (SSSR count). The minimum atomic E-state index is -0.498. The molecule has 144 valence electrons. The van der Waals surface area contributed by atoms with E-state index in [0.717, 1.165) is 15.8 Å². The Labute approximate surface area is 166 Å². The number of aromatic nitrogens is 3. The van der Waals surface area contributed by atoms with E-state index in [4.69, 9.17) is 17.3 Å². The van der Waals surface area contributed by atoms with Crippen LogP contribution < -0.4 is 16.4 Å². The van der Waals surface area contributed by atoms with E-state index in [0.29, 0.717) is 16.4 Å². The number of rotatable bonds is 5.